The van der Waals surface area contributed by atoms with Crippen molar-refractivity contribution < 1.29 is 0 Å². The second kappa shape index (κ2) is 11.1. The molecule has 198 valence electrons. The first-order chi connectivity index (χ1) is 18.7. The Morgan fingerprint density at radius 2 is 1.05 bits per heavy atom. The normalized spacial score (nSPS) is 22.8. The number of nitrogens with zero attached hydrogens (tertiary/aromatic N) is 10. The highest BCUT2D eigenvalue weighted by Gasteiger charge is 2.37. The van der Waals surface area contributed by atoms with E-state index in [1.165, 1.54) is 22.3 Å². The van der Waals surface area contributed by atoms with E-state index in [4.69, 9.17) is 0 Å². The number of aromatic nitrogens is 8. The van der Waals surface area contributed by atoms with Crippen molar-refractivity contribution in [2.24, 2.45) is 11.8 Å². The summed E-state index contributed by atoms with van der Waals surface area (Å²) >= 11 is 0. The van der Waals surface area contributed by atoms with Crippen LogP contribution in [0.15, 0.2) is 61.2 Å². The second-order valence-electron chi connectivity index (χ2n) is 10.9. The molecule has 2 aromatic carbocycles. The van der Waals surface area contributed by atoms with Crippen molar-refractivity contribution >= 4 is 0 Å². The minimum atomic E-state index is 0.0705. The van der Waals surface area contributed by atoms with Gasteiger partial charge in [0.15, 0.2) is 12.7 Å². The average Bonchev–Trinajstić information content (AvgIpc) is 3.67. The molecule has 4 aromatic rings. The topological polar surface area (TPSA) is 93.7 Å². The lowest BCUT2D eigenvalue weighted by Crippen LogP contribution is -2.53. The Morgan fingerprint density at radius 1 is 0.632 bits per heavy atom. The van der Waals surface area contributed by atoms with Gasteiger partial charge in [0.2, 0.25) is 0 Å². The summed E-state index contributed by atoms with van der Waals surface area (Å²) < 4.78 is 0. The molecule has 2 aliphatic heterocycles. The zero-order chi connectivity index (χ0) is 25.9. The minimum Gasteiger partial charge on any atom is -0.241 e. The third-order valence-corrected chi connectivity index (χ3v) is 8.23. The molecule has 2 fully saturated rings. The van der Waals surface area contributed by atoms with E-state index in [0.29, 0.717) is 11.8 Å². The van der Waals surface area contributed by atoms with E-state index >= 15 is 0 Å². The lowest BCUT2D eigenvalue weighted by Gasteiger charge is -2.46. The van der Waals surface area contributed by atoms with Crippen LogP contribution in [0.25, 0.3) is 0 Å². The van der Waals surface area contributed by atoms with Crippen molar-refractivity contribution in [3.8, 4) is 0 Å². The molecule has 0 aliphatic carbocycles. The standard InChI is InChI=1S/C28H36N10/c1-21-7-11-23(12-8-21)27(37-31-19-29-33-37)25-5-3-15-35(17-25)36-16-4-6-26(18-36)28(38-32-20-30-34-38)24-13-9-22(2)10-14-24/h7-14,19-20,25-28H,3-6,15-18H2,1-2H3/t25-,26-,27?,28?/m0/s1. The zero-order valence-corrected chi connectivity index (χ0v) is 22.2. The van der Waals surface area contributed by atoms with Gasteiger partial charge in [-0.15, -0.1) is 20.4 Å². The SMILES string of the molecule is Cc1ccc(C([C@H]2CCCN(N3CCC[C@H](C(c4ccc(C)cc4)n4ncnn4)C3)C2)n2ncnn2)cc1. The number of hydrogen-bond acceptors (Lipinski definition) is 8. The highest BCUT2D eigenvalue weighted by molar-refractivity contribution is 5.26. The maximum atomic E-state index is 4.47. The highest BCUT2D eigenvalue weighted by atomic mass is 15.6. The third-order valence-electron chi connectivity index (χ3n) is 8.23. The molecule has 10 nitrogen and oxygen atoms in total. The fraction of sp³-hybridized carbons (Fsp3) is 0.500. The summed E-state index contributed by atoms with van der Waals surface area (Å²) in [5.41, 5.74) is 5.00. The fourth-order valence-electron chi connectivity index (χ4n) is 6.33. The van der Waals surface area contributed by atoms with Gasteiger partial charge in [-0.3, -0.25) is 0 Å². The van der Waals surface area contributed by atoms with Crippen molar-refractivity contribution in [1.29, 1.82) is 0 Å². The summed E-state index contributed by atoms with van der Waals surface area (Å²) in [4.78, 5) is 3.61. The predicted octanol–water partition coefficient (Wildman–Crippen LogP) is 3.49. The largest absolute Gasteiger partial charge is 0.241 e. The van der Waals surface area contributed by atoms with Crippen molar-refractivity contribution in [2.75, 3.05) is 26.2 Å². The molecule has 4 atom stereocenters. The number of hydrogen-bond donors (Lipinski definition) is 0. The van der Waals surface area contributed by atoms with Gasteiger partial charge < -0.3 is 0 Å². The van der Waals surface area contributed by atoms with Crippen LogP contribution in [-0.4, -0.2) is 76.6 Å². The molecule has 0 amide bonds. The van der Waals surface area contributed by atoms with Crippen LogP contribution < -0.4 is 0 Å². The molecular formula is C28H36N10. The molecule has 2 unspecified atom stereocenters. The van der Waals surface area contributed by atoms with Gasteiger partial charge >= 0.3 is 0 Å². The van der Waals surface area contributed by atoms with Crippen LogP contribution in [0, 0.1) is 25.7 Å². The van der Waals surface area contributed by atoms with Crippen LogP contribution in [0.5, 0.6) is 0 Å². The lowest BCUT2D eigenvalue weighted by atomic mass is 9.85. The summed E-state index contributed by atoms with van der Waals surface area (Å²) in [6, 6.07) is 17.7. The van der Waals surface area contributed by atoms with Crippen LogP contribution in [0.2, 0.25) is 0 Å². The van der Waals surface area contributed by atoms with E-state index in [0.717, 1.165) is 51.9 Å². The Hall–Kier alpha value is -3.50. The van der Waals surface area contributed by atoms with Gasteiger partial charge in [-0.05, 0) is 61.1 Å². The van der Waals surface area contributed by atoms with E-state index in [2.05, 4.69) is 103 Å². The van der Waals surface area contributed by atoms with Gasteiger partial charge in [-0.1, -0.05) is 59.7 Å². The Bertz CT molecular complexity index is 1170. The average molecular weight is 513 g/mol. The van der Waals surface area contributed by atoms with E-state index in [9.17, 15) is 0 Å². The van der Waals surface area contributed by atoms with Crippen LogP contribution in [0.3, 0.4) is 0 Å². The monoisotopic (exact) mass is 512 g/mol. The summed E-state index contributed by atoms with van der Waals surface area (Å²) in [5.74, 6) is 0.789. The van der Waals surface area contributed by atoms with Gasteiger partial charge in [0, 0.05) is 38.0 Å². The maximum Gasteiger partial charge on any atom is 0.162 e. The molecule has 0 spiro atoms. The Morgan fingerprint density at radius 3 is 1.42 bits per heavy atom. The fourth-order valence-corrected chi connectivity index (χ4v) is 6.33. The number of rotatable bonds is 7. The predicted molar refractivity (Wildman–Crippen MR) is 143 cm³/mol. The molecule has 0 saturated carbocycles. The van der Waals surface area contributed by atoms with Gasteiger partial charge in [-0.2, -0.15) is 9.59 Å². The Balaban J connectivity index is 1.22. The molecular weight excluding hydrogens is 476 g/mol. The summed E-state index contributed by atoms with van der Waals surface area (Å²) in [6.45, 7) is 8.35. The molecule has 2 aliphatic rings. The van der Waals surface area contributed by atoms with Crippen molar-refractivity contribution in [1.82, 2.24) is 50.4 Å². The van der Waals surface area contributed by atoms with Crippen LogP contribution in [-0.2, 0) is 0 Å². The molecule has 2 aromatic heterocycles. The molecule has 6 rings (SSSR count). The highest BCUT2D eigenvalue weighted by Crippen LogP contribution is 2.36. The summed E-state index contributed by atoms with van der Waals surface area (Å²) in [6.07, 6.45) is 7.66. The van der Waals surface area contributed by atoms with E-state index in [1.54, 1.807) is 12.7 Å². The lowest BCUT2D eigenvalue weighted by molar-refractivity contribution is -0.0888. The number of tetrazole rings is 2. The van der Waals surface area contributed by atoms with Gasteiger partial charge in [0.1, 0.15) is 12.1 Å². The van der Waals surface area contributed by atoms with Gasteiger partial charge in [0.25, 0.3) is 0 Å². The zero-order valence-electron chi connectivity index (χ0n) is 22.2. The second-order valence-corrected chi connectivity index (χ2v) is 10.9. The summed E-state index contributed by atoms with van der Waals surface area (Å²) in [7, 11) is 0. The smallest absolute Gasteiger partial charge is 0.162 e. The van der Waals surface area contributed by atoms with E-state index < -0.39 is 0 Å². The van der Waals surface area contributed by atoms with Crippen LogP contribution >= 0.6 is 0 Å². The molecule has 2 saturated heterocycles. The molecule has 0 N–H and O–H groups in total. The van der Waals surface area contributed by atoms with Crippen molar-refractivity contribution in [2.45, 2.75) is 51.6 Å². The maximum absolute atomic E-state index is 4.47. The van der Waals surface area contributed by atoms with Crippen molar-refractivity contribution in [3.63, 3.8) is 0 Å². The number of piperidine rings is 2. The number of hydrazine groups is 1. The molecule has 4 heterocycles. The van der Waals surface area contributed by atoms with Gasteiger partial charge in [0.05, 0.1) is 0 Å². The number of aryl methyl sites for hydroxylation is 2. The first-order valence-electron chi connectivity index (χ1n) is 13.7. The molecule has 0 radical (unpaired) electrons. The molecule has 0 bridgehead atoms. The van der Waals surface area contributed by atoms with Crippen LogP contribution in [0.4, 0.5) is 0 Å². The summed E-state index contributed by atoms with van der Waals surface area (Å²) in [5, 5.41) is 30.8. The third kappa shape index (κ3) is 5.23. The van der Waals surface area contributed by atoms with E-state index in [-0.39, 0.29) is 12.1 Å². The number of benzene rings is 2. The Kier molecular flexibility index (Phi) is 7.24. The van der Waals surface area contributed by atoms with E-state index in [1.807, 2.05) is 9.59 Å². The first kappa shape index (κ1) is 24.8. The first-order valence-corrected chi connectivity index (χ1v) is 13.7. The van der Waals surface area contributed by atoms with Gasteiger partial charge in [-0.25, -0.2) is 10.0 Å². The molecule has 10 heteroatoms. The minimum absolute atomic E-state index is 0.0705. The quantitative estimate of drug-likeness (QED) is 0.372. The Labute approximate surface area is 223 Å². The molecule has 38 heavy (non-hydrogen) atoms. The van der Waals surface area contributed by atoms with Crippen LogP contribution in [0.1, 0.15) is 60.0 Å². The van der Waals surface area contributed by atoms with Crippen molar-refractivity contribution in [3.05, 3.63) is 83.4 Å².